The molecule has 0 atom stereocenters. The molecule has 0 fully saturated rings. The quantitative estimate of drug-likeness (QED) is 0.118. The van der Waals surface area contributed by atoms with E-state index in [1.807, 2.05) is 97.1 Å². The van der Waals surface area contributed by atoms with Crippen molar-refractivity contribution in [3.63, 3.8) is 0 Å². The molecule has 0 bridgehead atoms. The third-order valence-corrected chi connectivity index (χ3v) is 8.53. The summed E-state index contributed by atoms with van der Waals surface area (Å²) >= 11 is 3.58. The van der Waals surface area contributed by atoms with Crippen LogP contribution >= 0.6 is 23.5 Å². The van der Waals surface area contributed by atoms with E-state index >= 15 is 0 Å². The minimum atomic E-state index is -3.25. The normalized spacial score (nSPS) is 11.5. The molecule has 0 aliphatic carbocycles. The van der Waals surface area contributed by atoms with Crippen molar-refractivity contribution in [1.82, 2.24) is 0 Å². The summed E-state index contributed by atoms with van der Waals surface area (Å²) in [5.41, 5.74) is 3.80. The number of benzene rings is 4. The highest BCUT2D eigenvalue weighted by atomic mass is 79.9. The Kier molecular flexibility index (Phi) is 10.0. The molecule has 0 aliphatic rings. The number of hydrogen-bond acceptors (Lipinski definition) is 6. The monoisotopic (exact) mass is 608 g/mol. The van der Waals surface area contributed by atoms with Crippen molar-refractivity contribution in [3.05, 3.63) is 118 Å². The van der Waals surface area contributed by atoms with Crippen molar-refractivity contribution < 1.29 is 27.8 Å². The summed E-state index contributed by atoms with van der Waals surface area (Å²) in [6.07, 6.45) is 4.15. The van der Waals surface area contributed by atoms with Crippen LogP contribution in [0.25, 0.3) is 12.2 Å². The van der Waals surface area contributed by atoms with Crippen molar-refractivity contribution >= 4 is 35.7 Å². The van der Waals surface area contributed by atoms with Crippen molar-refractivity contribution in [2.75, 3.05) is 21.3 Å². The van der Waals surface area contributed by atoms with Crippen LogP contribution in [0.5, 0.6) is 23.0 Å². The third kappa shape index (κ3) is 8.07. The van der Waals surface area contributed by atoms with Gasteiger partial charge in [-0.1, -0.05) is 76.6 Å². The number of hydrogen-bond donors (Lipinski definition) is 0. The fourth-order valence-electron chi connectivity index (χ4n) is 3.75. The highest BCUT2D eigenvalue weighted by Gasteiger charge is 2.22. The van der Waals surface area contributed by atoms with Crippen LogP contribution in [0, 0.1) is 0 Å². The first-order chi connectivity index (χ1) is 18.9. The minimum Gasteiger partial charge on any atom is -0.497 e. The van der Waals surface area contributed by atoms with Gasteiger partial charge in [0.15, 0.2) is 11.5 Å². The van der Waals surface area contributed by atoms with Gasteiger partial charge >= 0.3 is 7.60 Å². The summed E-state index contributed by atoms with van der Waals surface area (Å²) in [7, 11) is 1.16. The first kappa shape index (κ1) is 28.7. The summed E-state index contributed by atoms with van der Waals surface area (Å²) in [5.74, 6) is 2.50. The first-order valence-electron chi connectivity index (χ1n) is 12.2. The van der Waals surface area contributed by atoms with Gasteiger partial charge in [-0.25, -0.2) is 0 Å². The Morgan fingerprint density at radius 3 is 2.15 bits per heavy atom. The molecule has 4 rings (SSSR count). The van der Waals surface area contributed by atoms with E-state index in [9.17, 15) is 4.57 Å². The lowest BCUT2D eigenvalue weighted by molar-refractivity contribution is 0.274. The third-order valence-electron chi connectivity index (χ3n) is 5.94. The summed E-state index contributed by atoms with van der Waals surface area (Å²) in [6.45, 7) is 0.384. The standard InChI is InChI=1S/C31H30BrO6P/c1-34-28-16-17-29(32)26(20-28)13-9-23-10-14-27(15-11-23)38-31-19-25(22-39(33,35-2)36-3)12-18-30(31)37-21-24-7-5-4-6-8-24/h4-20H,21-22H2,1-3H3/b13-9+. The van der Waals surface area contributed by atoms with E-state index in [1.54, 1.807) is 13.2 Å². The van der Waals surface area contributed by atoms with Gasteiger partial charge < -0.3 is 23.3 Å². The fraction of sp³-hybridized carbons (Fsp3) is 0.161. The average molecular weight is 609 g/mol. The second-order valence-electron chi connectivity index (χ2n) is 8.58. The van der Waals surface area contributed by atoms with Gasteiger partial charge in [0.2, 0.25) is 0 Å². The summed E-state index contributed by atoms with van der Waals surface area (Å²) in [6, 6.07) is 28.9. The zero-order valence-corrected chi connectivity index (χ0v) is 24.5. The molecular formula is C31H30BrO6P. The van der Waals surface area contributed by atoms with Crippen molar-refractivity contribution in [3.8, 4) is 23.0 Å². The maximum Gasteiger partial charge on any atom is 0.334 e. The molecular weight excluding hydrogens is 579 g/mol. The summed E-state index contributed by atoms with van der Waals surface area (Å²) < 4.78 is 41.6. The number of halogens is 1. The first-order valence-corrected chi connectivity index (χ1v) is 14.7. The van der Waals surface area contributed by atoms with Gasteiger partial charge in [-0.3, -0.25) is 4.57 Å². The van der Waals surface area contributed by atoms with E-state index in [4.69, 9.17) is 23.3 Å². The van der Waals surface area contributed by atoms with Crippen LogP contribution in [0.3, 0.4) is 0 Å². The zero-order valence-electron chi connectivity index (χ0n) is 22.0. The second kappa shape index (κ2) is 13.6. The Labute approximate surface area is 237 Å². The van der Waals surface area contributed by atoms with Gasteiger partial charge in [0.1, 0.15) is 18.1 Å². The molecule has 0 aliphatic heterocycles. The van der Waals surface area contributed by atoms with Gasteiger partial charge in [0, 0.05) is 18.7 Å². The molecule has 0 saturated heterocycles. The predicted molar refractivity (Wildman–Crippen MR) is 159 cm³/mol. The van der Waals surface area contributed by atoms with Crippen LogP contribution in [-0.4, -0.2) is 21.3 Å². The summed E-state index contributed by atoms with van der Waals surface area (Å²) in [5, 5.41) is 0. The highest BCUT2D eigenvalue weighted by Crippen LogP contribution is 2.50. The molecule has 0 heterocycles. The Balaban J connectivity index is 1.54. The maximum absolute atomic E-state index is 12.7. The fourth-order valence-corrected chi connectivity index (χ4v) is 5.18. The lowest BCUT2D eigenvalue weighted by Crippen LogP contribution is -1.99. The molecule has 202 valence electrons. The molecule has 0 radical (unpaired) electrons. The van der Waals surface area contributed by atoms with E-state index in [1.165, 1.54) is 14.2 Å². The number of ether oxygens (including phenoxy) is 3. The lowest BCUT2D eigenvalue weighted by Gasteiger charge is -2.17. The number of methoxy groups -OCH3 is 1. The van der Waals surface area contributed by atoms with Gasteiger partial charge in [-0.05, 0) is 64.7 Å². The van der Waals surface area contributed by atoms with Crippen LogP contribution in [0.4, 0.5) is 0 Å². The maximum atomic E-state index is 12.7. The van der Waals surface area contributed by atoms with Crippen molar-refractivity contribution in [2.45, 2.75) is 12.8 Å². The topological polar surface area (TPSA) is 63.2 Å². The SMILES string of the molecule is COc1ccc(Br)c(/C=C/c2ccc(Oc3cc(CP(=O)(OC)OC)ccc3OCc3ccccc3)cc2)c1. The summed E-state index contributed by atoms with van der Waals surface area (Å²) in [4.78, 5) is 0. The molecule has 0 spiro atoms. The Bertz CT molecular complexity index is 1450. The van der Waals surface area contributed by atoms with Gasteiger partial charge in [0.05, 0.1) is 13.3 Å². The lowest BCUT2D eigenvalue weighted by atomic mass is 10.1. The van der Waals surface area contributed by atoms with E-state index < -0.39 is 7.60 Å². The van der Waals surface area contributed by atoms with Crippen molar-refractivity contribution in [2.24, 2.45) is 0 Å². The Morgan fingerprint density at radius 2 is 1.46 bits per heavy atom. The molecule has 0 aromatic heterocycles. The van der Waals surface area contributed by atoms with E-state index in [0.29, 0.717) is 23.9 Å². The molecule has 4 aromatic rings. The largest absolute Gasteiger partial charge is 0.497 e. The smallest absolute Gasteiger partial charge is 0.334 e. The molecule has 6 nitrogen and oxygen atoms in total. The molecule has 0 saturated carbocycles. The van der Waals surface area contributed by atoms with Crippen LogP contribution in [0.15, 0.2) is 95.5 Å². The average Bonchev–Trinajstić information content (AvgIpc) is 2.97. The molecule has 39 heavy (non-hydrogen) atoms. The van der Waals surface area contributed by atoms with E-state index in [0.717, 1.165) is 32.5 Å². The Hall–Kier alpha value is -3.35. The van der Waals surface area contributed by atoms with Crippen LogP contribution in [-0.2, 0) is 26.4 Å². The molecule has 0 amide bonds. The highest BCUT2D eigenvalue weighted by molar-refractivity contribution is 9.10. The molecule has 8 heteroatoms. The zero-order chi connectivity index (χ0) is 27.7. The van der Waals surface area contributed by atoms with E-state index in [2.05, 4.69) is 15.9 Å². The molecule has 4 aromatic carbocycles. The Morgan fingerprint density at radius 1 is 0.744 bits per heavy atom. The van der Waals surface area contributed by atoms with Crippen LogP contribution < -0.4 is 14.2 Å². The molecule has 0 unspecified atom stereocenters. The van der Waals surface area contributed by atoms with Gasteiger partial charge in [0.25, 0.3) is 0 Å². The van der Waals surface area contributed by atoms with E-state index in [-0.39, 0.29) is 6.16 Å². The van der Waals surface area contributed by atoms with Crippen LogP contribution in [0.2, 0.25) is 0 Å². The predicted octanol–water partition coefficient (Wildman–Crippen LogP) is 8.99. The molecule has 0 N–H and O–H groups in total. The van der Waals surface area contributed by atoms with Crippen LogP contribution in [0.1, 0.15) is 22.3 Å². The van der Waals surface area contributed by atoms with Crippen molar-refractivity contribution in [1.29, 1.82) is 0 Å². The minimum absolute atomic E-state index is 0.110. The second-order valence-corrected chi connectivity index (χ2v) is 11.7. The van der Waals surface area contributed by atoms with Gasteiger partial charge in [-0.15, -0.1) is 0 Å². The number of rotatable bonds is 12. The van der Waals surface area contributed by atoms with Gasteiger partial charge in [-0.2, -0.15) is 0 Å².